The molecule has 1 atom stereocenters. The van der Waals surface area contributed by atoms with Crippen LogP contribution in [0.4, 0.5) is 0 Å². The third kappa shape index (κ3) is 1.67. The Hall–Kier alpha value is -0.630. The summed E-state index contributed by atoms with van der Waals surface area (Å²) in [7, 11) is 0. The quantitative estimate of drug-likeness (QED) is 0.513. The molecule has 0 aromatic rings. The smallest absolute Gasteiger partial charge is 0.158 e. The van der Waals surface area contributed by atoms with Crippen LogP contribution in [0.25, 0.3) is 0 Å². The summed E-state index contributed by atoms with van der Waals surface area (Å²) in [6.07, 6.45) is 2.64. The van der Waals surface area contributed by atoms with E-state index in [4.69, 9.17) is 4.74 Å². The van der Waals surface area contributed by atoms with Gasteiger partial charge in [0.1, 0.15) is 6.10 Å². The first-order valence-electron chi connectivity index (χ1n) is 3.48. The first-order chi connectivity index (χ1) is 4.70. The molecule has 0 fully saturated rings. The molecule has 0 radical (unpaired) electrons. The second-order valence-electron chi connectivity index (χ2n) is 2.70. The molecule has 0 aromatic carbocycles. The fourth-order valence-electron chi connectivity index (χ4n) is 0.951. The SMILES string of the molecule is CC(=O)C1CC=C(C)CO1. The highest BCUT2D eigenvalue weighted by Crippen LogP contribution is 2.11. The van der Waals surface area contributed by atoms with Crippen molar-refractivity contribution in [3.05, 3.63) is 11.6 Å². The predicted octanol–water partition coefficient (Wildman–Crippen LogP) is 1.31. The number of hydrogen-bond acceptors (Lipinski definition) is 2. The van der Waals surface area contributed by atoms with Gasteiger partial charge < -0.3 is 4.74 Å². The molecule has 0 aliphatic carbocycles. The average molecular weight is 140 g/mol. The lowest BCUT2D eigenvalue weighted by Gasteiger charge is -2.18. The van der Waals surface area contributed by atoms with E-state index in [0.717, 1.165) is 6.42 Å². The molecule has 1 unspecified atom stereocenters. The van der Waals surface area contributed by atoms with Crippen LogP contribution in [0, 0.1) is 0 Å². The zero-order chi connectivity index (χ0) is 7.56. The van der Waals surface area contributed by atoms with E-state index < -0.39 is 0 Å². The van der Waals surface area contributed by atoms with E-state index in [1.54, 1.807) is 6.92 Å². The number of hydrogen-bond donors (Lipinski definition) is 0. The zero-order valence-electron chi connectivity index (χ0n) is 6.39. The summed E-state index contributed by atoms with van der Waals surface area (Å²) in [5.41, 5.74) is 1.22. The van der Waals surface area contributed by atoms with Crippen LogP contribution in [0.5, 0.6) is 0 Å². The van der Waals surface area contributed by atoms with Crippen molar-refractivity contribution in [2.45, 2.75) is 26.4 Å². The van der Waals surface area contributed by atoms with Crippen molar-refractivity contribution in [3.63, 3.8) is 0 Å². The minimum absolute atomic E-state index is 0.128. The van der Waals surface area contributed by atoms with Gasteiger partial charge in [-0.1, -0.05) is 11.6 Å². The Bertz CT molecular complexity index is 170. The molecule has 0 aromatic heterocycles. The van der Waals surface area contributed by atoms with Crippen LogP contribution in [0.2, 0.25) is 0 Å². The fraction of sp³-hybridized carbons (Fsp3) is 0.625. The normalized spacial score (nSPS) is 25.8. The highest BCUT2D eigenvalue weighted by Gasteiger charge is 2.16. The number of ether oxygens (including phenoxy) is 1. The van der Waals surface area contributed by atoms with Gasteiger partial charge in [-0.2, -0.15) is 0 Å². The third-order valence-electron chi connectivity index (χ3n) is 1.65. The Labute approximate surface area is 60.9 Å². The van der Waals surface area contributed by atoms with Crippen LogP contribution >= 0.6 is 0 Å². The van der Waals surface area contributed by atoms with Crippen LogP contribution in [-0.2, 0) is 9.53 Å². The van der Waals surface area contributed by atoms with E-state index in [1.165, 1.54) is 5.57 Å². The molecule has 1 heterocycles. The number of carbonyl (C=O) groups is 1. The van der Waals surface area contributed by atoms with Gasteiger partial charge in [0.05, 0.1) is 6.61 Å². The molecule has 0 N–H and O–H groups in total. The molecule has 1 aliphatic rings. The first kappa shape index (κ1) is 7.48. The van der Waals surface area contributed by atoms with Gasteiger partial charge in [0.25, 0.3) is 0 Å². The number of rotatable bonds is 1. The van der Waals surface area contributed by atoms with Gasteiger partial charge in [0, 0.05) is 0 Å². The number of ketones is 1. The van der Waals surface area contributed by atoms with Crippen molar-refractivity contribution >= 4 is 5.78 Å². The molecule has 56 valence electrons. The van der Waals surface area contributed by atoms with Gasteiger partial charge in [-0.3, -0.25) is 4.79 Å². The molecule has 0 saturated heterocycles. The Morgan fingerprint density at radius 1 is 1.80 bits per heavy atom. The Morgan fingerprint density at radius 3 is 2.90 bits per heavy atom. The molecule has 0 bridgehead atoms. The lowest BCUT2D eigenvalue weighted by molar-refractivity contribution is -0.128. The second kappa shape index (κ2) is 2.97. The molecular weight excluding hydrogens is 128 g/mol. The van der Waals surface area contributed by atoms with E-state index in [-0.39, 0.29) is 11.9 Å². The van der Waals surface area contributed by atoms with Crippen molar-refractivity contribution < 1.29 is 9.53 Å². The van der Waals surface area contributed by atoms with Gasteiger partial charge in [-0.15, -0.1) is 0 Å². The van der Waals surface area contributed by atoms with Crippen LogP contribution < -0.4 is 0 Å². The summed E-state index contributed by atoms with van der Waals surface area (Å²) in [6.45, 7) is 4.19. The minimum atomic E-state index is -0.177. The second-order valence-corrected chi connectivity index (χ2v) is 2.70. The van der Waals surface area contributed by atoms with E-state index in [1.807, 2.05) is 6.92 Å². The molecule has 2 heteroatoms. The summed E-state index contributed by atoms with van der Waals surface area (Å²) in [6, 6.07) is 0. The minimum Gasteiger partial charge on any atom is -0.366 e. The van der Waals surface area contributed by atoms with Gasteiger partial charge in [0.15, 0.2) is 5.78 Å². The van der Waals surface area contributed by atoms with Gasteiger partial charge in [-0.25, -0.2) is 0 Å². The Kier molecular flexibility index (Phi) is 2.22. The van der Waals surface area contributed by atoms with Crippen LogP contribution in [-0.4, -0.2) is 18.5 Å². The summed E-state index contributed by atoms with van der Waals surface area (Å²) in [5, 5.41) is 0. The molecule has 1 aliphatic heterocycles. The highest BCUT2D eigenvalue weighted by molar-refractivity contribution is 5.80. The summed E-state index contributed by atoms with van der Waals surface area (Å²) in [5.74, 6) is 0.128. The van der Waals surface area contributed by atoms with E-state index in [9.17, 15) is 4.79 Å². The molecular formula is C8H12O2. The van der Waals surface area contributed by atoms with Gasteiger partial charge >= 0.3 is 0 Å². The van der Waals surface area contributed by atoms with E-state index >= 15 is 0 Å². The standard InChI is InChI=1S/C8H12O2/c1-6-3-4-8(7(2)9)10-5-6/h3,8H,4-5H2,1-2H3. The maximum atomic E-state index is 10.8. The maximum absolute atomic E-state index is 10.8. The fourth-order valence-corrected chi connectivity index (χ4v) is 0.951. The van der Waals surface area contributed by atoms with Crippen molar-refractivity contribution in [1.82, 2.24) is 0 Å². The average Bonchev–Trinajstić information content (AvgIpc) is 1.88. The Balaban J connectivity index is 2.50. The van der Waals surface area contributed by atoms with Crippen molar-refractivity contribution in [2.24, 2.45) is 0 Å². The van der Waals surface area contributed by atoms with Crippen LogP contribution in [0.1, 0.15) is 20.3 Å². The molecule has 1 rings (SSSR count). The molecule has 10 heavy (non-hydrogen) atoms. The lowest BCUT2D eigenvalue weighted by Crippen LogP contribution is -2.24. The van der Waals surface area contributed by atoms with Gasteiger partial charge in [-0.05, 0) is 20.3 Å². The molecule has 0 spiro atoms. The van der Waals surface area contributed by atoms with E-state index in [2.05, 4.69) is 6.08 Å². The highest BCUT2D eigenvalue weighted by atomic mass is 16.5. The predicted molar refractivity (Wildman–Crippen MR) is 38.8 cm³/mol. The van der Waals surface area contributed by atoms with E-state index in [0.29, 0.717) is 6.61 Å². The van der Waals surface area contributed by atoms with Crippen molar-refractivity contribution in [3.8, 4) is 0 Å². The van der Waals surface area contributed by atoms with Crippen LogP contribution in [0.15, 0.2) is 11.6 Å². The third-order valence-corrected chi connectivity index (χ3v) is 1.65. The zero-order valence-corrected chi connectivity index (χ0v) is 6.39. The summed E-state index contributed by atoms with van der Waals surface area (Å²) in [4.78, 5) is 10.8. The summed E-state index contributed by atoms with van der Waals surface area (Å²) >= 11 is 0. The lowest BCUT2D eigenvalue weighted by atomic mass is 10.1. The molecule has 0 amide bonds. The topological polar surface area (TPSA) is 26.3 Å². The monoisotopic (exact) mass is 140 g/mol. The molecule has 2 nitrogen and oxygen atoms in total. The van der Waals surface area contributed by atoms with Gasteiger partial charge in [0.2, 0.25) is 0 Å². The molecule has 0 saturated carbocycles. The Morgan fingerprint density at radius 2 is 2.50 bits per heavy atom. The van der Waals surface area contributed by atoms with Crippen molar-refractivity contribution in [1.29, 1.82) is 0 Å². The maximum Gasteiger partial charge on any atom is 0.158 e. The largest absolute Gasteiger partial charge is 0.366 e. The summed E-state index contributed by atoms with van der Waals surface area (Å²) < 4.78 is 5.23. The van der Waals surface area contributed by atoms with Crippen molar-refractivity contribution in [2.75, 3.05) is 6.61 Å². The first-order valence-corrected chi connectivity index (χ1v) is 3.48. The number of carbonyl (C=O) groups excluding carboxylic acids is 1. The number of Topliss-reactive ketones (excluding diaryl/α,β-unsaturated/α-hetero) is 1. The van der Waals surface area contributed by atoms with Crippen LogP contribution in [0.3, 0.4) is 0 Å².